The maximum absolute atomic E-state index is 11.6. The van der Waals surface area contributed by atoms with Crippen LogP contribution in [0.3, 0.4) is 0 Å². The van der Waals surface area contributed by atoms with Gasteiger partial charge in [0.1, 0.15) is 0 Å². The molecule has 1 aromatic carbocycles. The lowest BCUT2D eigenvalue weighted by molar-refractivity contribution is 0.144. The molecule has 1 amide bonds. The lowest BCUT2D eigenvalue weighted by atomic mass is 10.4. The zero-order valence-electron chi connectivity index (χ0n) is 9.34. The van der Waals surface area contributed by atoms with Gasteiger partial charge >= 0.3 is 6.09 Å². The lowest BCUT2D eigenvalue weighted by Crippen LogP contribution is -2.41. The van der Waals surface area contributed by atoms with Gasteiger partial charge < -0.3 is 4.74 Å². The molecular weight excluding hydrogens is 244 g/mol. The third-order valence-corrected chi connectivity index (χ3v) is 3.04. The minimum atomic E-state index is -3.74. The quantitative estimate of drug-likeness (QED) is 0.772. The van der Waals surface area contributed by atoms with E-state index in [1.54, 1.807) is 18.2 Å². The van der Waals surface area contributed by atoms with E-state index in [9.17, 15) is 13.2 Å². The zero-order chi connectivity index (χ0) is 12.7. The summed E-state index contributed by atoms with van der Waals surface area (Å²) in [6.07, 6.45) is -0.162. The van der Waals surface area contributed by atoms with Crippen molar-refractivity contribution in [1.82, 2.24) is 10.3 Å². The monoisotopic (exact) mass is 258 g/mol. The average molecular weight is 258 g/mol. The molecule has 0 heterocycles. The highest BCUT2D eigenvalue weighted by Gasteiger charge is 2.14. The number of amides is 1. The Kier molecular flexibility index (Phi) is 4.92. The lowest BCUT2D eigenvalue weighted by Gasteiger charge is -2.08. The molecule has 0 bridgehead atoms. The third kappa shape index (κ3) is 4.41. The number of carbonyl (C=O) groups is 1. The Hall–Kier alpha value is -1.60. The summed E-state index contributed by atoms with van der Waals surface area (Å²) in [5.74, 6) is 0. The maximum atomic E-state index is 11.6. The zero-order valence-corrected chi connectivity index (χ0v) is 10.2. The van der Waals surface area contributed by atoms with Crippen LogP contribution in [0.2, 0.25) is 0 Å². The summed E-state index contributed by atoms with van der Waals surface area (Å²) in [6.45, 7) is 2.07. The van der Waals surface area contributed by atoms with E-state index in [-0.39, 0.29) is 11.5 Å². The molecule has 0 fully saturated rings. The van der Waals surface area contributed by atoms with Crippen molar-refractivity contribution in [3.8, 4) is 0 Å². The van der Waals surface area contributed by atoms with Gasteiger partial charge in [-0.2, -0.15) is 0 Å². The van der Waals surface area contributed by atoms with Crippen molar-refractivity contribution in [2.75, 3.05) is 6.61 Å². The highest BCUT2D eigenvalue weighted by molar-refractivity contribution is 7.89. The van der Waals surface area contributed by atoms with Crippen molar-refractivity contribution >= 4 is 16.1 Å². The van der Waals surface area contributed by atoms with Crippen LogP contribution in [0.5, 0.6) is 0 Å². The molecule has 2 N–H and O–H groups in total. The number of hydrogen-bond donors (Lipinski definition) is 2. The van der Waals surface area contributed by atoms with Crippen LogP contribution >= 0.6 is 0 Å². The largest absolute Gasteiger partial charge is 0.449 e. The first-order valence-electron chi connectivity index (χ1n) is 5.06. The van der Waals surface area contributed by atoms with Crippen LogP contribution in [-0.4, -0.2) is 21.1 Å². The molecule has 17 heavy (non-hydrogen) atoms. The van der Waals surface area contributed by atoms with Crippen molar-refractivity contribution in [1.29, 1.82) is 0 Å². The molecule has 0 atom stereocenters. The van der Waals surface area contributed by atoms with Crippen molar-refractivity contribution in [3.05, 3.63) is 30.3 Å². The summed E-state index contributed by atoms with van der Waals surface area (Å²) in [4.78, 5) is 13.0. The second-order valence-corrected chi connectivity index (χ2v) is 4.86. The van der Waals surface area contributed by atoms with Crippen LogP contribution in [0.15, 0.2) is 35.2 Å². The molecule has 7 heteroatoms. The van der Waals surface area contributed by atoms with E-state index in [4.69, 9.17) is 0 Å². The average Bonchev–Trinajstić information content (AvgIpc) is 2.35. The van der Waals surface area contributed by atoms with Gasteiger partial charge in [0.05, 0.1) is 11.5 Å². The maximum Gasteiger partial charge on any atom is 0.422 e. The topological polar surface area (TPSA) is 84.5 Å². The number of rotatable bonds is 5. The molecule has 1 rings (SSSR count). The molecule has 0 aromatic heterocycles. The molecule has 0 saturated carbocycles. The summed E-state index contributed by atoms with van der Waals surface area (Å²) >= 11 is 0. The Bertz CT molecular complexity index is 458. The second kappa shape index (κ2) is 6.21. The fourth-order valence-electron chi connectivity index (χ4n) is 0.998. The fourth-order valence-corrected chi connectivity index (χ4v) is 1.85. The number of nitrogens with one attached hydrogen (secondary N) is 2. The van der Waals surface area contributed by atoms with Gasteiger partial charge in [-0.1, -0.05) is 25.1 Å². The van der Waals surface area contributed by atoms with Gasteiger partial charge in [-0.3, -0.25) is 0 Å². The Morgan fingerprint density at radius 1 is 1.29 bits per heavy atom. The summed E-state index contributed by atoms with van der Waals surface area (Å²) in [5.41, 5.74) is 1.96. The van der Waals surface area contributed by atoms with Gasteiger partial charge in [-0.25, -0.2) is 18.6 Å². The highest BCUT2D eigenvalue weighted by atomic mass is 32.2. The van der Waals surface area contributed by atoms with E-state index < -0.39 is 16.1 Å². The first-order chi connectivity index (χ1) is 8.06. The molecular formula is C10H14N2O4S. The fraction of sp³-hybridized carbons (Fsp3) is 0.300. The molecule has 94 valence electrons. The Balaban J connectivity index is 2.54. The Morgan fingerprint density at radius 2 is 1.94 bits per heavy atom. The number of benzene rings is 1. The first-order valence-corrected chi connectivity index (χ1v) is 6.54. The van der Waals surface area contributed by atoms with E-state index in [1.807, 2.05) is 17.2 Å². The molecule has 0 aliphatic rings. The molecule has 6 nitrogen and oxygen atoms in total. The highest BCUT2D eigenvalue weighted by Crippen LogP contribution is 2.05. The number of carbonyl (C=O) groups excluding carboxylic acids is 1. The molecule has 0 radical (unpaired) electrons. The molecule has 0 saturated heterocycles. The molecule has 0 aliphatic heterocycles. The normalized spacial score (nSPS) is 10.9. The SMILES string of the molecule is CCCOC(=O)NNS(=O)(=O)c1ccccc1. The van der Waals surface area contributed by atoms with Crippen molar-refractivity contribution < 1.29 is 17.9 Å². The minimum absolute atomic E-state index is 0.0655. The van der Waals surface area contributed by atoms with Crippen LogP contribution in [0, 0.1) is 0 Å². The summed E-state index contributed by atoms with van der Waals surface area (Å²) in [6, 6.07) is 7.71. The van der Waals surface area contributed by atoms with Gasteiger partial charge in [0.15, 0.2) is 0 Å². The Morgan fingerprint density at radius 3 is 2.53 bits per heavy atom. The smallest absolute Gasteiger partial charge is 0.422 e. The molecule has 0 spiro atoms. The van der Waals surface area contributed by atoms with Gasteiger partial charge in [0, 0.05) is 0 Å². The second-order valence-electron chi connectivity index (χ2n) is 3.18. The van der Waals surface area contributed by atoms with Crippen LogP contribution in [-0.2, 0) is 14.8 Å². The van der Waals surface area contributed by atoms with Crippen molar-refractivity contribution in [2.24, 2.45) is 0 Å². The number of sulfonamides is 1. The van der Waals surface area contributed by atoms with E-state index >= 15 is 0 Å². The van der Waals surface area contributed by atoms with E-state index in [0.29, 0.717) is 6.42 Å². The summed E-state index contributed by atoms with van der Waals surface area (Å²) in [5, 5.41) is 0. The van der Waals surface area contributed by atoms with Gasteiger partial charge in [-0.05, 0) is 18.6 Å². The van der Waals surface area contributed by atoms with Crippen LogP contribution in [0.25, 0.3) is 0 Å². The summed E-state index contributed by atoms with van der Waals surface area (Å²) < 4.78 is 27.9. The standard InChI is InChI=1S/C10H14N2O4S/c1-2-8-16-10(13)11-12-17(14,15)9-6-4-3-5-7-9/h3-7,12H,2,8H2,1H3,(H,11,13). The summed E-state index contributed by atoms with van der Waals surface area (Å²) in [7, 11) is -3.74. The predicted molar refractivity (Wildman–Crippen MR) is 61.5 cm³/mol. The van der Waals surface area contributed by atoms with Crippen molar-refractivity contribution in [3.63, 3.8) is 0 Å². The number of hydrazine groups is 1. The third-order valence-electron chi connectivity index (χ3n) is 1.78. The number of hydrogen-bond acceptors (Lipinski definition) is 4. The molecule has 0 unspecified atom stereocenters. The Labute approximate surface area is 100.0 Å². The van der Waals surface area contributed by atoms with Gasteiger partial charge in [-0.15, -0.1) is 4.83 Å². The first kappa shape index (κ1) is 13.5. The minimum Gasteiger partial charge on any atom is -0.449 e. The van der Waals surface area contributed by atoms with Crippen LogP contribution in [0.1, 0.15) is 13.3 Å². The molecule has 1 aromatic rings. The van der Waals surface area contributed by atoms with Gasteiger partial charge in [0.25, 0.3) is 10.0 Å². The van der Waals surface area contributed by atoms with E-state index in [1.165, 1.54) is 12.1 Å². The number of ether oxygens (including phenoxy) is 1. The van der Waals surface area contributed by atoms with Crippen LogP contribution in [0.4, 0.5) is 4.79 Å². The predicted octanol–water partition coefficient (Wildman–Crippen LogP) is 1.02. The molecule has 0 aliphatic carbocycles. The van der Waals surface area contributed by atoms with E-state index in [2.05, 4.69) is 4.74 Å². The van der Waals surface area contributed by atoms with E-state index in [0.717, 1.165) is 0 Å². The van der Waals surface area contributed by atoms with Crippen LogP contribution < -0.4 is 10.3 Å². The van der Waals surface area contributed by atoms with Crippen molar-refractivity contribution in [2.45, 2.75) is 18.2 Å². The van der Waals surface area contributed by atoms with Gasteiger partial charge in [0.2, 0.25) is 0 Å².